The molecule has 0 aromatic carbocycles. The van der Waals surface area contributed by atoms with Crippen LogP contribution in [0.3, 0.4) is 0 Å². The summed E-state index contributed by atoms with van der Waals surface area (Å²) in [4.78, 5) is 3.91. The van der Waals surface area contributed by atoms with E-state index in [9.17, 15) is 13.2 Å². The maximum absolute atomic E-state index is 13.3. The second-order valence-corrected chi connectivity index (χ2v) is 4.90. The predicted molar refractivity (Wildman–Crippen MR) is 59.0 cm³/mol. The quantitative estimate of drug-likeness (QED) is 0.875. The van der Waals surface area contributed by atoms with Gasteiger partial charge in [-0.05, 0) is 13.0 Å². The minimum absolute atomic E-state index is 0.107. The average Bonchev–Trinajstić information content (AvgIpc) is 3.09. The van der Waals surface area contributed by atoms with Crippen molar-refractivity contribution in [3.05, 3.63) is 11.7 Å². The lowest BCUT2D eigenvalue weighted by Gasteiger charge is -2.26. The maximum Gasteiger partial charge on any atom is 0.404 e. The molecule has 2 fully saturated rings. The largest absolute Gasteiger partial charge is 0.404 e. The third-order valence-electron chi connectivity index (χ3n) is 3.65. The lowest BCUT2D eigenvalue weighted by atomic mass is 9.86. The van der Waals surface area contributed by atoms with E-state index < -0.39 is 23.6 Å². The predicted octanol–water partition coefficient (Wildman–Crippen LogP) is 0.951. The van der Waals surface area contributed by atoms with E-state index in [0.29, 0.717) is 13.2 Å². The fraction of sp³-hybridized carbons (Fsp3) is 0.818. The molecule has 1 aromatic heterocycles. The van der Waals surface area contributed by atoms with Crippen LogP contribution in [-0.4, -0.2) is 49.2 Å². The van der Waals surface area contributed by atoms with Crippen LogP contribution < -0.4 is 5.32 Å². The Hall–Kier alpha value is -1.19. The molecule has 0 aliphatic carbocycles. The van der Waals surface area contributed by atoms with Crippen LogP contribution >= 0.6 is 0 Å². The lowest BCUT2D eigenvalue weighted by molar-refractivity contribution is -0.191. The Morgan fingerprint density at radius 1 is 1.30 bits per heavy atom. The fourth-order valence-electron chi connectivity index (χ4n) is 2.43. The van der Waals surface area contributed by atoms with E-state index in [4.69, 9.17) is 14.0 Å². The van der Waals surface area contributed by atoms with Gasteiger partial charge >= 0.3 is 6.18 Å². The number of hydrogen-bond acceptors (Lipinski definition) is 6. The van der Waals surface area contributed by atoms with Crippen molar-refractivity contribution in [2.75, 3.05) is 32.9 Å². The van der Waals surface area contributed by atoms with E-state index in [1.807, 2.05) is 0 Å². The summed E-state index contributed by atoms with van der Waals surface area (Å²) in [5, 5.41) is 6.33. The first kappa shape index (κ1) is 13.8. The van der Waals surface area contributed by atoms with Gasteiger partial charge in [0, 0.05) is 6.54 Å². The van der Waals surface area contributed by atoms with Crippen molar-refractivity contribution in [2.24, 2.45) is 0 Å². The Morgan fingerprint density at radius 2 is 2.15 bits per heavy atom. The fourth-order valence-corrected chi connectivity index (χ4v) is 2.43. The highest BCUT2D eigenvalue weighted by atomic mass is 19.4. The Morgan fingerprint density at radius 3 is 2.75 bits per heavy atom. The minimum atomic E-state index is -4.44. The van der Waals surface area contributed by atoms with Gasteiger partial charge in [0.1, 0.15) is 6.10 Å². The van der Waals surface area contributed by atoms with Crippen LogP contribution in [0, 0.1) is 0 Å². The van der Waals surface area contributed by atoms with Crippen LogP contribution in [0.5, 0.6) is 0 Å². The van der Waals surface area contributed by atoms with Gasteiger partial charge in [-0.3, -0.25) is 0 Å². The van der Waals surface area contributed by atoms with E-state index in [1.54, 1.807) is 0 Å². The van der Waals surface area contributed by atoms with Crippen molar-refractivity contribution in [3.63, 3.8) is 0 Å². The summed E-state index contributed by atoms with van der Waals surface area (Å²) in [6, 6.07) is 0. The van der Waals surface area contributed by atoms with Crippen LogP contribution in [0.15, 0.2) is 4.52 Å². The van der Waals surface area contributed by atoms with Crippen molar-refractivity contribution in [1.29, 1.82) is 0 Å². The summed E-state index contributed by atoms with van der Waals surface area (Å²) in [5.41, 5.74) is -2.10. The van der Waals surface area contributed by atoms with Crippen molar-refractivity contribution < 1.29 is 27.2 Å². The standard InChI is InChI=1S/C11H14F3N3O3/c12-11(13,14)10(1-2-15-6-10)9-16-8(17-20-9)7-5-18-3-4-19-7/h7,15H,1-6H2. The van der Waals surface area contributed by atoms with Crippen LogP contribution in [0.25, 0.3) is 0 Å². The summed E-state index contributed by atoms with van der Waals surface area (Å²) in [5.74, 6) is -0.297. The van der Waals surface area contributed by atoms with Crippen molar-refractivity contribution in [1.82, 2.24) is 15.5 Å². The molecule has 3 heterocycles. The molecule has 2 aliphatic rings. The molecule has 0 amide bonds. The molecule has 0 spiro atoms. The molecule has 20 heavy (non-hydrogen) atoms. The summed E-state index contributed by atoms with van der Waals surface area (Å²) in [6.45, 7) is 1.05. The number of ether oxygens (including phenoxy) is 2. The lowest BCUT2D eigenvalue weighted by Crippen LogP contribution is -2.44. The van der Waals surface area contributed by atoms with Gasteiger partial charge in [-0.15, -0.1) is 0 Å². The van der Waals surface area contributed by atoms with E-state index in [0.717, 1.165) is 0 Å². The normalized spacial score (nSPS) is 31.6. The first-order valence-corrected chi connectivity index (χ1v) is 6.34. The first-order chi connectivity index (χ1) is 9.53. The molecule has 112 valence electrons. The zero-order valence-electron chi connectivity index (χ0n) is 10.6. The third-order valence-corrected chi connectivity index (χ3v) is 3.65. The smallest absolute Gasteiger partial charge is 0.376 e. The van der Waals surface area contributed by atoms with E-state index >= 15 is 0 Å². The molecule has 6 nitrogen and oxygen atoms in total. The SMILES string of the molecule is FC(F)(F)C1(c2nc(C3COCCO3)no2)CCNC1. The molecule has 9 heteroatoms. The zero-order chi connectivity index (χ0) is 14.2. The Bertz CT molecular complexity index is 465. The number of aromatic nitrogens is 2. The number of hydrogen-bond donors (Lipinski definition) is 1. The third kappa shape index (κ3) is 2.19. The molecule has 2 aliphatic heterocycles. The van der Waals surface area contributed by atoms with Crippen LogP contribution in [0.4, 0.5) is 13.2 Å². The van der Waals surface area contributed by atoms with Crippen LogP contribution in [-0.2, 0) is 14.9 Å². The van der Waals surface area contributed by atoms with Gasteiger partial charge in [0.15, 0.2) is 5.41 Å². The highest BCUT2D eigenvalue weighted by molar-refractivity contribution is 5.15. The van der Waals surface area contributed by atoms with Crippen LogP contribution in [0.1, 0.15) is 24.2 Å². The Labute approximate surface area is 112 Å². The van der Waals surface area contributed by atoms with Gasteiger partial charge < -0.3 is 19.3 Å². The highest BCUT2D eigenvalue weighted by Crippen LogP contribution is 2.44. The van der Waals surface area contributed by atoms with Crippen LogP contribution in [0.2, 0.25) is 0 Å². The van der Waals surface area contributed by atoms with Crippen molar-refractivity contribution in [3.8, 4) is 0 Å². The number of halogens is 3. The molecule has 1 N–H and O–H groups in total. The molecule has 0 radical (unpaired) electrons. The van der Waals surface area contributed by atoms with Gasteiger partial charge in [-0.2, -0.15) is 18.2 Å². The Balaban J connectivity index is 1.87. The van der Waals surface area contributed by atoms with E-state index in [1.165, 1.54) is 0 Å². The molecular weight excluding hydrogens is 279 g/mol. The summed E-state index contributed by atoms with van der Waals surface area (Å²) >= 11 is 0. The van der Waals surface area contributed by atoms with Gasteiger partial charge in [0.2, 0.25) is 11.7 Å². The summed E-state index contributed by atoms with van der Waals surface area (Å²) in [6.07, 6.45) is -5.12. The molecular formula is C11H14F3N3O3. The Kier molecular flexibility index (Phi) is 3.43. The second-order valence-electron chi connectivity index (χ2n) is 4.90. The van der Waals surface area contributed by atoms with Crippen molar-refractivity contribution in [2.45, 2.75) is 24.1 Å². The monoisotopic (exact) mass is 293 g/mol. The molecule has 2 atom stereocenters. The minimum Gasteiger partial charge on any atom is -0.376 e. The molecule has 0 bridgehead atoms. The number of alkyl halides is 3. The van der Waals surface area contributed by atoms with E-state index in [-0.39, 0.29) is 31.9 Å². The topological polar surface area (TPSA) is 69.4 Å². The summed E-state index contributed by atoms with van der Waals surface area (Å²) in [7, 11) is 0. The number of rotatable bonds is 2. The molecule has 2 unspecified atom stereocenters. The maximum atomic E-state index is 13.3. The molecule has 1 aromatic rings. The van der Waals surface area contributed by atoms with Gasteiger partial charge in [-0.1, -0.05) is 5.16 Å². The van der Waals surface area contributed by atoms with Gasteiger partial charge in [0.05, 0.1) is 19.8 Å². The highest BCUT2D eigenvalue weighted by Gasteiger charge is 2.61. The second kappa shape index (κ2) is 4.97. The van der Waals surface area contributed by atoms with Gasteiger partial charge in [-0.25, -0.2) is 0 Å². The summed E-state index contributed by atoms with van der Waals surface area (Å²) < 4.78 is 55.4. The number of nitrogens with one attached hydrogen (secondary N) is 1. The molecule has 3 rings (SSSR count). The van der Waals surface area contributed by atoms with Gasteiger partial charge in [0.25, 0.3) is 0 Å². The average molecular weight is 293 g/mol. The van der Waals surface area contributed by atoms with E-state index in [2.05, 4.69) is 15.5 Å². The first-order valence-electron chi connectivity index (χ1n) is 6.34. The molecule has 0 saturated carbocycles. The van der Waals surface area contributed by atoms with Crippen molar-refractivity contribution >= 4 is 0 Å². The number of nitrogens with zero attached hydrogens (tertiary/aromatic N) is 2. The zero-order valence-corrected chi connectivity index (χ0v) is 10.6. The molecule has 2 saturated heterocycles.